The van der Waals surface area contributed by atoms with Crippen LogP contribution in [0.5, 0.6) is 0 Å². The lowest BCUT2D eigenvalue weighted by molar-refractivity contribution is -0.131. The van der Waals surface area contributed by atoms with E-state index in [1.165, 1.54) is 47.9 Å². The van der Waals surface area contributed by atoms with Crippen LogP contribution >= 0.6 is 23.5 Å². The van der Waals surface area contributed by atoms with E-state index in [2.05, 4.69) is 39.8 Å². The van der Waals surface area contributed by atoms with E-state index in [0.29, 0.717) is 23.3 Å². The van der Waals surface area contributed by atoms with E-state index in [9.17, 15) is 14.4 Å². The maximum atomic E-state index is 13.5. The van der Waals surface area contributed by atoms with Gasteiger partial charge in [-0.3, -0.25) is 19.4 Å². The molecular weight excluding hydrogens is 544 g/mol. The van der Waals surface area contributed by atoms with Gasteiger partial charge in [-0.1, -0.05) is 43.2 Å². The summed E-state index contributed by atoms with van der Waals surface area (Å²) in [6.07, 6.45) is 6.37. The van der Waals surface area contributed by atoms with Gasteiger partial charge in [0.2, 0.25) is 11.8 Å². The minimum absolute atomic E-state index is 0.0963. The molecule has 1 aromatic rings. The van der Waals surface area contributed by atoms with Gasteiger partial charge in [0.15, 0.2) is 0 Å². The van der Waals surface area contributed by atoms with Crippen LogP contribution in [0.25, 0.3) is 0 Å². The number of rotatable bonds is 10. The fourth-order valence-corrected chi connectivity index (χ4v) is 7.93. The summed E-state index contributed by atoms with van der Waals surface area (Å²) in [6, 6.07) is 9.29. The van der Waals surface area contributed by atoms with Gasteiger partial charge in [0.1, 0.15) is 17.7 Å². The summed E-state index contributed by atoms with van der Waals surface area (Å²) in [5.74, 6) is 2.75. The van der Waals surface area contributed by atoms with Crippen molar-refractivity contribution in [3.63, 3.8) is 0 Å². The van der Waals surface area contributed by atoms with Gasteiger partial charge in [0, 0.05) is 37.2 Å². The number of carbonyl (C=O) groups excluding carboxylic acids is 3. The Morgan fingerprint density at radius 2 is 1.77 bits per heavy atom. The number of hydrogen-bond donors (Lipinski definition) is 2. The predicted octanol–water partition coefficient (Wildman–Crippen LogP) is 4.49. The predicted molar refractivity (Wildman–Crippen MR) is 163 cm³/mol. The molecule has 2 N–H and O–H groups in total. The lowest BCUT2D eigenvalue weighted by Crippen LogP contribution is -2.57. The quantitative estimate of drug-likeness (QED) is 0.415. The van der Waals surface area contributed by atoms with Gasteiger partial charge in [-0.2, -0.15) is 11.8 Å². The third-order valence-electron chi connectivity index (χ3n) is 7.74. The summed E-state index contributed by atoms with van der Waals surface area (Å²) in [7, 11) is 0. The Hall–Kier alpha value is -1.91. The Morgan fingerprint density at radius 3 is 2.45 bits per heavy atom. The van der Waals surface area contributed by atoms with Crippen LogP contribution in [-0.2, 0) is 20.9 Å². The Labute approximate surface area is 248 Å². The third-order valence-corrected chi connectivity index (χ3v) is 10.0. The maximum Gasteiger partial charge on any atom is 0.411 e. The van der Waals surface area contributed by atoms with Crippen LogP contribution in [0.2, 0.25) is 0 Å². The molecular formula is C30H46N4O4S2. The van der Waals surface area contributed by atoms with Crippen molar-refractivity contribution in [1.29, 1.82) is 0 Å². The van der Waals surface area contributed by atoms with E-state index < -0.39 is 23.8 Å². The maximum absolute atomic E-state index is 13.5. The Bertz CT molecular complexity index is 976. The van der Waals surface area contributed by atoms with Crippen LogP contribution in [-0.4, -0.2) is 87.7 Å². The molecule has 1 saturated carbocycles. The summed E-state index contributed by atoms with van der Waals surface area (Å²) in [4.78, 5) is 43.6. The van der Waals surface area contributed by atoms with E-state index in [1.54, 1.807) is 11.8 Å². The topological polar surface area (TPSA) is 91.0 Å². The molecule has 2 atom stereocenters. The molecule has 0 bridgehead atoms. The lowest BCUT2D eigenvalue weighted by Gasteiger charge is -2.33. The van der Waals surface area contributed by atoms with E-state index in [-0.39, 0.29) is 17.9 Å². The molecule has 1 aliphatic carbocycles. The molecule has 3 fully saturated rings. The molecule has 40 heavy (non-hydrogen) atoms. The summed E-state index contributed by atoms with van der Waals surface area (Å²) in [6.45, 7) is 8.23. The summed E-state index contributed by atoms with van der Waals surface area (Å²) >= 11 is 3.28. The highest BCUT2D eigenvalue weighted by atomic mass is 32.2. The number of benzene rings is 1. The molecule has 8 nitrogen and oxygen atoms in total. The monoisotopic (exact) mass is 590 g/mol. The molecule has 1 aromatic carbocycles. The van der Waals surface area contributed by atoms with Gasteiger partial charge in [0.25, 0.3) is 0 Å². The number of likely N-dealkylation sites (tertiary alicyclic amines) is 1. The second kappa shape index (κ2) is 14.8. The van der Waals surface area contributed by atoms with E-state index >= 15 is 0 Å². The van der Waals surface area contributed by atoms with Crippen molar-refractivity contribution in [3.05, 3.63) is 35.9 Å². The van der Waals surface area contributed by atoms with Gasteiger partial charge in [-0.25, -0.2) is 4.79 Å². The van der Waals surface area contributed by atoms with Crippen molar-refractivity contribution in [1.82, 2.24) is 20.4 Å². The third kappa shape index (κ3) is 9.58. The van der Waals surface area contributed by atoms with Gasteiger partial charge >= 0.3 is 6.09 Å². The van der Waals surface area contributed by atoms with Crippen molar-refractivity contribution >= 4 is 41.4 Å². The Morgan fingerprint density at radius 1 is 1.07 bits per heavy atom. The average molecular weight is 591 g/mol. The van der Waals surface area contributed by atoms with Gasteiger partial charge in [-0.15, -0.1) is 11.8 Å². The number of ether oxygens (including phenoxy) is 1. The molecule has 0 spiro atoms. The lowest BCUT2D eigenvalue weighted by atomic mass is 10.0. The molecule has 2 saturated heterocycles. The SMILES string of the molecule is CC(C)(C)OC(=O)N1CSCC1C(=O)NC(CSCC1CCCC1)C(=O)NC1CCN(Cc2ccccc2)CC1. The first-order valence-electron chi connectivity index (χ1n) is 14.7. The molecule has 4 rings (SSSR count). The summed E-state index contributed by atoms with van der Waals surface area (Å²) in [5.41, 5.74) is 0.666. The van der Waals surface area contributed by atoms with Gasteiger partial charge < -0.3 is 15.4 Å². The molecule has 0 radical (unpaired) electrons. The molecule has 2 heterocycles. The standard InChI is InChI=1S/C30H46N4O4S2/c1-30(2,3)38-29(37)34-21-40-20-26(34)28(36)32-25(19-39-18-23-11-7-8-12-23)27(35)31-24-13-15-33(16-14-24)17-22-9-5-4-6-10-22/h4-6,9-10,23-26H,7-8,11-21H2,1-3H3,(H,31,35)(H,32,36). The molecule has 3 amide bonds. The van der Waals surface area contributed by atoms with Crippen molar-refractivity contribution in [2.75, 3.05) is 36.2 Å². The normalized spacial score (nSPS) is 21.8. The van der Waals surface area contributed by atoms with Crippen LogP contribution in [0, 0.1) is 5.92 Å². The van der Waals surface area contributed by atoms with Crippen LogP contribution in [0.1, 0.15) is 64.9 Å². The zero-order chi connectivity index (χ0) is 28.5. The molecule has 2 unspecified atom stereocenters. The van der Waals surface area contributed by atoms with Crippen LogP contribution < -0.4 is 10.6 Å². The number of piperidine rings is 1. The molecule has 0 aromatic heterocycles. The second-order valence-corrected chi connectivity index (χ2v) is 14.3. The Kier molecular flexibility index (Phi) is 11.5. The molecule has 3 aliphatic rings. The highest BCUT2D eigenvalue weighted by Crippen LogP contribution is 2.28. The highest BCUT2D eigenvalue weighted by Gasteiger charge is 2.39. The Balaban J connectivity index is 1.32. The van der Waals surface area contributed by atoms with Crippen LogP contribution in [0.4, 0.5) is 4.79 Å². The molecule has 2 aliphatic heterocycles. The first-order valence-corrected chi connectivity index (χ1v) is 17.0. The largest absolute Gasteiger partial charge is 0.444 e. The van der Waals surface area contributed by atoms with Crippen molar-refractivity contribution in [2.45, 2.75) is 89.6 Å². The molecule has 10 heteroatoms. The minimum Gasteiger partial charge on any atom is -0.444 e. The number of hydrogen-bond acceptors (Lipinski definition) is 7. The van der Waals surface area contributed by atoms with Crippen molar-refractivity contribution in [3.8, 4) is 0 Å². The number of carbonyl (C=O) groups is 3. The first-order chi connectivity index (χ1) is 19.2. The summed E-state index contributed by atoms with van der Waals surface area (Å²) < 4.78 is 5.53. The summed E-state index contributed by atoms with van der Waals surface area (Å²) in [5, 5.41) is 6.26. The smallest absolute Gasteiger partial charge is 0.411 e. The van der Waals surface area contributed by atoms with Gasteiger partial charge in [-0.05, 0) is 63.7 Å². The number of nitrogens with one attached hydrogen (secondary N) is 2. The highest BCUT2D eigenvalue weighted by molar-refractivity contribution is 7.99. The van der Waals surface area contributed by atoms with E-state index in [1.807, 2.05) is 26.8 Å². The van der Waals surface area contributed by atoms with Crippen molar-refractivity contribution in [2.24, 2.45) is 5.92 Å². The van der Waals surface area contributed by atoms with Crippen molar-refractivity contribution < 1.29 is 19.1 Å². The molecule has 222 valence electrons. The zero-order valence-corrected chi connectivity index (χ0v) is 25.9. The van der Waals surface area contributed by atoms with Crippen LogP contribution in [0.3, 0.4) is 0 Å². The first kappa shape index (κ1) is 31.0. The minimum atomic E-state index is -0.642. The number of amides is 3. The average Bonchev–Trinajstić information content (AvgIpc) is 3.61. The number of nitrogens with zero attached hydrogens (tertiary/aromatic N) is 2. The fraction of sp³-hybridized carbons (Fsp3) is 0.700. The van der Waals surface area contributed by atoms with Crippen LogP contribution in [0.15, 0.2) is 30.3 Å². The van der Waals surface area contributed by atoms with E-state index in [4.69, 9.17) is 4.74 Å². The van der Waals surface area contributed by atoms with E-state index in [0.717, 1.165) is 38.2 Å². The zero-order valence-electron chi connectivity index (χ0n) is 24.2. The number of thioether (sulfide) groups is 2. The second-order valence-electron chi connectivity index (χ2n) is 12.3. The fourth-order valence-electron chi connectivity index (χ4n) is 5.52. The van der Waals surface area contributed by atoms with Gasteiger partial charge in [0.05, 0.1) is 5.88 Å².